The van der Waals surface area contributed by atoms with Gasteiger partial charge in [0.25, 0.3) is 0 Å². The number of hydrogen-bond acceptors (Lipinski definition) is 8. The van der Waals surface area contributed by atoms with Crippen LogP contribution in [-0.4, -0.2) is 86.3 Å². The van der Waals surface area contributed by atoms with Gasteiger partial charge in [-0.1, -0.05) is 66.7 Å². The van der Waals surface area contributed by atoms with Crippen LogP contribution < -0.4 is 16.0 Å². The molecule has 14 heteroatoms. The van der Waals surface area contributed by atoms with Gasteiger partial charge in [0, 0.05) is 30.7 Å². The molecule has 3 fully saturated rings. The molecule has 4 amide bonds. The van der Waals surface area contributed by atoms with Crippen LogP contribution in [0.25, 0.3) is 33.6 Å². The fraction of sp³-hybridized carbons (Fsp3) is 0.391. The molecule has 3 saturated heterocycles. The molecule has 0 spiro atoms. The first-order valence-corrected chi connectivity index (χ1v) is 21.1. The fourth-order valence-corrected chi connectivity index (χ4v) is 10.0. The highest BCUT2D eigenvalue weighted by Crippen LogP contribution is 2.54. The van der Waals surface area contributed by atoms with Crippen LogP contribution >= 0.6 is 0 Å². The number of ether oxygens (including phenoxy) is 1. The maximum atomic E-state index is 13.5. The Labute approximate surface area is 348 Å². The molecule has 4 aliphatic rings. The van der Waals surface area contributed by atoms with Gasteiger partial charge in [0.05, 0.1) is 43.0 Å². The number of likely N-dealkylation sites (tertiary alicyclic amines) is 2. The monoisotopic (exact) mass is 809 g/mol. The highest BCUT2D eigenvalue weighted by Gasteiger charge is 2.42. The number of alkyl carbamates (subject to hydrolysis) is 1. The normalized spacial score (nSPS) is 22.9. The third-order valence-corrected chi connectivity index (χ3v) is 13.0. The maximum absolute atomic E-state index is 13.5. The van der Waals surface area contributed by atoms with E-state index in [9.17, 15) is 19.2 Å². The van der Waals surface area contributed by atoms with Gasteiger partial charge in [-0.05, 0) is 91.7 Å². The second-order valence-electron chi connectivity index (χ2n) is 16.5. The van der Waals surface area contributed by atoms with Crippen LogP contribution in [0.3, 0.4) is 0 Å². The number of carbonyl (C=O) groups is 4. The standard InChI is InChI=1S/C46H51N9O5/c1-26(49-25-56)44(57)54-19-7-11-38(54)42-47-23-36(52-42)30-15-13-29(14-16-30)32-17-18-33(41-35-22-31(21-34(51-35)40(32)41)28-9-5-4-6-10-28)37-24-48-43(53-37)39-12-8-20-55(39)45(58)27(2)50-46(59)60-3/h4-6,9-10,13-18,23-27,31,34-35,38-39,51H,7-8,11-12,19-22H2,1-3H3,(H,47,52)(H,48,53)(H,49,56)(H,50,59). The first-order chi connectivity index (χ1) is 29.2. The number of nitrogens with zero attached hydrogens (tertiary/aromatic N) is 4. The van der Waals surface area contributed by atoms with Crippen LogP contribution in [0, 0.1) is 0 Å². The molecule has 7 unspecified atom stereocenters. The van der Waals surface area contributed by atoms with Crippen LogP contribution in [0.5, 0.6) is 0 Å². The summed E-state index contributed by atoms with van der Waals surface area (Å²) in [5.74, 6) is 1.61. The molecule has 9 rings (SSSR count). The number of fused-ring (bicyclic) bond motifs is 5. The number of benzene rings is 3. The van der Waals surface area contributed by atoms with Crippen LogP contribution in [0.4, 0.5) is 4.79 Å². The van der Waals surface area contributed by atoms with Crippen LogP contribution in [0.15, 0.2) is 79.1 Å². The highest BCUT2D eigenvalue weighted by atomic mass is 16.5. The van der Waals surface area contributed by atoms with Crippen molar-refractivity contribution in [2.45, 2.75) is 94.5 Å². The molecule has 310 valence electrons. The van der Waals surface area contributed by atoms with Gasteiger partial charge in [-0.3, -0.25) is 14.4 Å². The summed E-state index contributed by atoms with van der Waals surface area (Å²) in [7, 11) is 1.29. The predicted molar refractivity (Wildman–Crippen MR) is 225 cm³/mol. The van der Waals surface area contributed by atoms with Crippen molar-refractivity contribution in [3.8, 4) is 33.6 Å². The average Bonchev–Trinajstić information content (AvgIpc) is 4.14. The van der Waals surface area contributed by atoms with Crippen molar-refractivity contribution in [2.75, 3.05) is 20.2 Å². The Morgan fingerprint density at radius 1 is 0.750 bits per heavy atom. The molecule has 2 bridgehead atoms. The quantitative estimate of drug-likeness (QED) is 0.0927. The Kier molecular flexibility index (Phi) is 10.7. The minimum Gasteiger partial charge on any atom is -0.453 e. The van der Waals surface area contributed by atoms with Gasteiger partial charge >= 0.3 is 6.09 Å². The minimum absolute atomic E-state index is 0.110. The fourth-order valence-electron chi connectivity index (χ4n) is 10.0. The number of H-pyrrole nitrogens is 2. The Hall–Kier alpha value is -6.28. The topological polar surface area (TPSA) is 177 Å². The lowest BCUT2D eigenvalue weighted by atomic mass is 9.85. The Balaban J connectivity index is 1.01. The summed E-state index contributed by atoms with van der Waals surface area (Å²) < 4.78 is 4.73. The van der Waals surface area contributed by atoms with E-state index in [2.05, 4.69) is 92.6 Å². The molecular weight excluding hydrogens is 759 g/mol. The number of aromatic nitrogens is 4. The molecule has 14 nitrogen and oxygen atoms in total. The zero-order chi connectivity index (χ0) is 41.5. The molecule has 2 aromatic heterocycles. The molecule has 60 heavy (non-hydrogen) atoms. The number of hydrogen-bond donors (Lipinski definition) is 5. The third kappa shape index (κ3) is 7.22. The van der Waals surface area contributed by atoms with Crippen molar-refractivity contribution in [3.05, 3.63) is 107 Å². The molecule has 6 heterocycles. The van der Waals surface area contributed by atoms with Crippen molar-refractivity contribution in [3.63, 3.8) is 0 Å². The number of imidazole rings is 2. The van der Waals surface area contributed by atoms with Crippen molar-refractivity contribution in [1.29, 1.82) is 0 Å². The summed E-state index contributed by atoms with van der Waals surface area (Å²) in [6.45, 7) is 4.60. The average molecular weight is 810 g/mol. The number of nitrogens with one attached hydrogen (secondary N) is 5. The Morgan fingerprint density at radius 3 is 1.95 bits per heavy atom. The lowest BCUT2D eigenvalue weighted by Gasteiger charge is -2.30. The summed E-state index contributed by atoms with van der Waals surface area (Å²) in [6, 6.07) is 22.4. The Morgan fingerprint density at radius 2 is 1.32 bits per heavy atom. The zero-order valence-electron chi connectivity index (χ0n) is 34.1. The third-order valence-electron chi connectivity index (χ3n) is 13.0. The van der Waals surface area contributed by atoms with Crippen LogP contribution in [0.1, 0.15) is 111 Å². The number of amides is 4. The maximum Gasteiger partial charge on any atom is 0.407 e. The van der Waals surface area contributed by atoms with E-state index in [-0.39, 0.29) is 36.0 Å². The smallest absolute Gasteiger partial charge is 0.407 e. The number of aromatic amines is 2. The number of rotatable bonds is 11. The number of carbonyl (C=O) groups excluding carboxylic acids is 4. The molecule has 0 aliphatic carbocycles. The second kappa shape index (κ2) is 16.4. The van der Waals surface area contributed by atoms with E-state index in [4.69, 9.17) is 14.7 Å². The lowest BCUT2D eigenvalue weighted by Crippen LogP contribution is -2.46. The van der Waals surface area contributed by atoms with Gasteiger partial charge in [0.1, 0.15) is 23.7 Å². The van der Waals surface area contributed by atoms with Gasteiger partial charge in [-0.15, -0.1) is 0 Å². The van der Waals surface area contributed by atoms with Gasteiger partial charge in [-0.2, -0.15) is 0 Å². The molecule has 0 saturated carbocycles. The largest absolute Gasteiger partial charge is 0.453 e. The van der Waals surface area contributed by atoms with E-state index in [1.807, 2.05) is 22.2 Å². The first kappa shape index (κ1) is 39.2. The highest BCUT2D eigenvalue weighted by molar-refractivity contribution is 5.86. The van der Waals surface area contributed by atoms with E-state index < -0.39 is 18.2 Å². The van der Waals surface area contributed by atoms with E-state index in [0.717, 1.165) is 78.3 Å². The lowest BCUT2D eigenvalue weighted by molar-refractivity contribution is -0.135. The molecule has 5 aromatic rings. The van der Waals surface area contributed by atoms with E-state index in [0.29, 0.717) is 25.4 Å². The molecule has 5 N–H and O–H groups in total. The van der Waals surface area contributed by atoms with E-state index >= 15 is 0 Å². The SMILES string of the molecule is COC(=O)NC(C)C(=O)N1CCCC1c1ncc(-c2ccc(-c3ccc(-c4cnc(C5CCCN5C(=O)C(C)NC=O)[nH]4)cc3)c3c2C2CC(c4ccccc4)CC3N2)[nH]1. The van der Waals surface area contributed by atoms with E-state index in [1.54, 1.807) is 13.8 Å². The zero-order valence-corrected chi connectivity index (χ0v) is 34.1. The first-order valence-electron chi connectivity index (χ1n) is 21.1. The summed E-state index contributed by atoms with van der Waals surface area (Å²) in [6.07, 6.45) is 8.92. The van der Waals surface area contributed by atoms with Crippen molar-refractivity contribution in [2.24, 2.45) is 0 Å². The minimum atomic E-state index is -0.723. The summed E-state index contributed by atoms with van der Waals surface area (Å²) in [5, 5.41) is 9.18. The van der Waals surface area contributed by atoms with Crippen molar-refractivity contribution in [1.82, 2.24) is 45.7 Å². The molecule has 7 atom stereocenters. The number of piperidine rings is 1. The summed E-state index contributed by atoms with van der Waals surface area (Å²) in [5.41, 5.74) is 10.2. The van der Waals surface area contributed by atoms with Gasteiger partial charge in [0.15, 0.2) is 0 Å². The number of methoxy groups -OCH3 is 1. The van der Waals surface area contributed by atoms with Crippen molar-refractivity contribution < 1.29 is 23.9 Å². The molecule has 0 radical (unpaired) electrons. The predicted octanol–water partition coefficient (Wildman–Crippen LogP) is 6.60. The molecular formula is C46H51N9O5. The van der Waals surface area contributed by atoms with Gasteiger partial charge < -0.3 is 40.5 Å². The summed E-state index contributed by atoms with van der Waals surface area (Å²) in [4.78, 5) is 69.7. The van der Waals surface area contributed by atoms with E-state index in [1.165, 1.54) is 29.4 Å². The van der Waals surface area contributed by atoms with Crippen LogP contribution in [-0.2, 0) is 19.1 Å². The van der Waals surface area contributed by atoms with Crippen molar-refractivity contribution >= 4 is 24.3 Å². The second-order valence-corrected chi connectivity index (χ2v) is 16.5. The summed E-state index contributed by atoms with van der Waals surface area (Å²) >= 11 is 0. The van der Waals surface area contributed by atoms with Crippen LogP contribution in [0.2, 0.25) is 0 Å². The van der Waals surface area contributed by atoms with Gasteiger partial charge in [-0.25, -0.2) is 14.8 Å². The van der Waals surface area contributed by atoms with Gasteiger partial charge in [0.2, 0.25) is 18.2 Å². The Bertz CT molecular complexity index is 2390. The molecule has 4 aliphatic heterocycles. The molecule has 3 aromatic carbocycles.